The number of hydrogen-bond donors (Lipinski definition) is 0. The Labute approximate surface area is 104 Å². The van der Waals surface area contributed by atoms with E-state index >= 15 is 0 Å². The van der Waals surface area contributed by atoms with Crippen molar-refractivity contribution in [3.8, 4) is 0 Å². The topological polar surface area (TPSA) is 22.8 Å². The lowest BCUT2D eigenvalue weighted by atomic mass is 10.2. The van der Waals surface area contributed by atoms with Gasteiger partial charge in [-0.05, 0) is 12.1 Å². The standard InChI is InChI=1S/C15H13N3/c1-17-12-6-4-3-5-10(12)14-15(17)11-7-8-16-9-13(11)18(14)2/h3-9H,1-2H3. The van der Waals surface area contributed by atoms with Crippen LogP contribution in [0.5, 0.6) is 0 Å². The van der Waals surface area contributed by atoms with Crippen molar-refractivity contribution >= 4 is 32.8 Å². The minimum Gasteiger partial charge on any atom is -0.342 e. The molecular weight excluding hydrogens is 222 g/mol. The molecule has 88 valence electrons. The molecule has 0 saturated heterocycles. The van der Waals surface area contributed by atoms with Crippen LogP contribution in [0.1, 0.15) is 0 Å². The Morgan fingerprint density at radius 1 is 0.833 bits per heavy atom. The second kappa shape index (κ2) is 3.13. The summed E-state index contributed by atoms with van der Waals surface area (Å²) in [7, 11) is 4.24. The number of fused-ring (bicyclic) bond motifs is 5. The Hall–Kier alpha value is -2.29. The molecule has 3 aromatic heterocycles. The van der Waals surface area contributed by atoms with Gasteiger partial charge in [0.05, 0.1) is 28.3 Å². The lowest BCUT2D eigenvalue weighted by Gasteiger charge is -1.99. The molecule has 0 N–H and O–H groups in total. The molecule has 0 fully saturated rings. The highest BCUT2D eigenvalue weighted by Gasteiger charge is 2.15. The molecule has 3 nitrogen and oxygen atoms in total. The summed E-state index contributed by atoms with van der Waals surface area (Å²) in [5.41, 5.74) is 5.04. The lowest BCUT2D eigenvalue weighted by molar-refractivity contribution is 1.00. The average Bonchev–Trinajstić information content (AvgIpc) is 2.87. The minimum atomic E-state index is 1.18. The van der Waals surface area contributed by atoms with Crippen molar-refractivity contribution in [3.05, 3.63) is 42.7 Å². The van der Waals surface area contributed by atoms with Gasteiger partial charge in [0.1, 0.15) is 0 Å². The van der Waals surface area contributed by atoms with Crippen LogP contribution < -0.4 is 0 Å². The first-order valence-corrected chi connectivity index (χ1v) is 6.04. The molecule has 0 bridgehead atoms. The smallest absolute Gasteiger partial charge is 0.0752 e. The van der Waals surface area contributed by atoms with Crippen LogP contribution in [0, 0.1) is 0 Å². The van der Waals surface area contributed by atoms with Gasteiger partial charge in [0, 0.05) is 31.1 Å². The molecule has 0 spiro atoms. The van der Waals surface area contributed by atoms with Gasteiger partial charge in [-0.3, -0.25) is 4.98 Å². The number of para-hydroxylation sites is 1. The number of aryl methyl sites for hydroxylation is 2. The molecular formula is C15H13N3. The molecule has 18 heavy (non-hydrogen) atoms. The monoisotopic (exact) mass is 235 g/mol. The van der Waals surface area contributed by atoms with Crippen LogP contribution in [0.15, 0.2) is 42.7 Å². The zero-order valence-electron chi connectivity index (χ0n) is 10.4. The largest absolute Gasteiger partial charge is 0.342 e. The second-order valence-electron chi connectivity index (χ2n) is 4.73. The van der Waals surface area contributed by atoms with Crippen molar-refractivity contribution in [1.82, 2.24) is 14.1 Å². The summed E-state index contributed by atoms with van der Waals surface area (Å²) in [6.07, 6.45) is 3.80. The molecule has 3 heteroatoms. The molecule has 0 radical (unpaired) electrons. The molecule has 0 atom stereocenters. The van der Waals surface area contributed by atoms with Crippen molar-refractivity contribution in [2.24, 2.45) is 14.1 Å². The summed E-state index contributed by atoms with van der Waals surface area (Å²) >= 11 is 0. The van der Waals surface area contributed by atoms with E-state index < -0.39 is 0 Å². The third-order valence-corrected chi connectivity index (χ3v) is 3.83. The Morgan fingerprint density at radius 2 is 1.50 bits per heavy atom. The zero-order valence-corrected chi connectivity index (χ0v) is 10.4. The van der Waals surface area contributed by atoms with Crippen molar-refractivity contribution in [3.63, 3.8) is 0 Å². The van der Waals surface area contributed by atoms with Crippen LogP contribution in [-0.2, 0) is 14.1 Å². The number of pyridine rings is 1. The van der Waals surface area contributed by atoms with Crippen molar-refractivity contribution in [2.45, 2.75) is 0 Å². The van der Waals surface area contributed by atoms with Crippen LogP contribution >= 0.6 is 0 Å². The Kier molecular flexibility index (Phi) is 1.69. The molecule has 3 heterocycles. The average molecular weight is 235 g/mol. The predicted octanol–water partition coefficient (Wildman–Crippen LogP) is 3.22. The second-order valence-corrected chi connectivity index (χ2v) is 4.73. The molecule has 0 aliphatic heterocycles. The van der Waals surface area contributed by atoms with E-state index in [1.807, 2.05) is 12.4 Å². The van der Waals surface area contributed by atoms with Gasteiger partial charge in [0.2, 0.25) is 0 Å². The van der Waals surface area contributed by atoms with Crippen LogP contribution in [0.2, 0.25) is 0 Å². The first kappa shape index (κ1) is 9.71. The van der Waals surface area contributed by atoms with Crippen LogP contribution in [0.4, 0.5) is 0 Å². The predicted molar refractivity (Wildman–Crippen MR) is 74.7 cm³/mol. The third-order valence-electron chi connectivity index (χ3n) is 3.83. The fourth-order valence-electron chi connectivity index (χ4n) is 3.00. The molecule has 4 rings (SSSR count). The van der Waals surface area contributed by atoms with Crippen LogP contribution in [-0.4, -0.2) is 14.1 Å². The van der Waals surface area contributed by atoms with Crippen molar-refractivity contribution in [2.75, 3.05) is 0 Å². The van der Waals surface area contributed by atoms with E-state index in [-0.39, 0.29) is 0 Å². The molecule has 1 aromatic carbocycles. The maximum absolute atomic E-state index is 4.23. The van der Waals surface area contributed by atoms with E-state index in [2.05, 4.69) is 58.5 Å². The number of nitrogens with zero attached hydrogens (tertiary/aromatic N) is 3. The Bertz CT molecular complexity index is 820. The molecule has 0 aliphatic rings. The van der Waals surface area contributed by atoms with Gasteiger partial charge in [-0.2, -0.15) is 0 Å². The molecule has 0 saturated carbocycles. The highest BCUT2D eigenvalue weighted by atomic mass is 15.0. The maximum atomic E-state index is 4.23. The fraction of sp³-hybridized carbons (Fsp3) is 0.133. The molecule has 0 aliphatic carbocycles. The maximum Gasteiger partial charge on any atom is 0.0752 e. The lowest BCUT2D eigenvalue weighted by Crippen LogP contribution is -1.87. The van der Waals surface area contributed by atoms with Crippen molar-refractivity contribution < 1.29 is 0 Å². The van der Waals surface area contributed by atoms with E-state index in [9.17, 15) is 0 Å². The van der Waals surface area contributed by atoms with E-state index in [0.29, 0.717) is 0 Å². The Morgan fingerprint density at radius 3 is 2.33 bits per heavy atom. The number of aromatic nitrogens is 3. The third kappa shape index (κ3) is 0.973. The highest BCUT2D eigenvalue weighted by Crippen LogP contribution is 2.34. The van der Waals surface area contributed by atoms with Crippen LogP contribution in [0.3, 0.4) is 0 Å². The van der Waals surface area contributed by atoms with Crippen molar-refractivity contribution in [1.29, 1.82) is 0 Å². The minimum absolute atomic E-state index is 1.18. The number of benzene rings is 1. The first-order valence-electron chi connectivity index (χ1n) is 6.04. The first-order chi connectivity index (χ1) is 8.79. The summed E-state index contributed by atoms with van der Waals surface area (Å²) in [5, 5.41) is 2.56. The number of rotatable bonds is 0. The molecule has 0 unspecified atom stereocenters. The quantitative estimate of drug-likeness (QED) is 0.459. The molecule has 4 aromatic rings. The Balaban J connectivity index is 2.44. The van der Waals surface area contributed by atoms with Gasteiger partial charge in [0.15, 0.2) is 0 Å². The van der Waals surface area contributed by atoms with E-state index in [0.717, 1.165) is 0 Å². The zero-order chi connectivity index (χ0) is 12.3. The summed E-state index contributed by atoms with van der Waals surface area (Å²) < 4.78 is 4.51. The van der Waals surface area contributed by atoms with Gasteiger partial charge >= 0.3 is 0 Å². The summed E-state index contributed by atoms with van der Waals surface area (Å²) in [6, 6.07) is 10.6. The van der Waals surface area contributed by atoms with Gasteiger partial charge in [0.25, 0.3) is 0 Å². The molecule has 0 amide bonds. The summed E-state index contributed by atoms with van der Waals surface area (Å²) in [6.45, 7) is 0. The van der Waals surface area contributed by atoms with Gasteiger partial charge in [-0.25, -0.2) is 0 Å². The highest BCUT2D eigenvalue weighted by molar-refractivity contribution is 6.17. The van der Waals surface area contributed by atoms with Gasteiger partial charge in [-0.15, -0.1) is 0 Å². The van der Waals surface area contributed by atoms with Crippen LogP contribution in [0.25, 0.3) is 32.8 Å². The van der Waals surface area contributed by atoms with E-state index in [1.54, 1.807) is 0 Å². The van der Waals surface area contributed by atoms with E-state index in [1.165, 1.54) is 32.8 Å². The number of hydrogen-bond acceptors (Lipinski definition) is 1. The van der Waals surface area contributed by atoms with Gasteiger partial charge < -0.3 is 9.13 Å². The normalized spacial score (nSPS) is 11.9. The summed E-state index contributed by atoms with van der Waals surface area (Å²) in [5.74, 6) is 0. The fourth-order valence-corrected chi connectivity index (χ4v) is 3.00. The summed E-state index contributed by atoms with van der Waals surface area (Å²) in [4.78, 5) is 4.23. The van der Waals surface area contributed by atoms with Gasteiger partial charge in [-0.1, -0.05) is 18.2 Å². The SMILES string of the molecule is Cn1c2ccccc2c2c1c1ccncc1n2C. The van der Waals surface area contributed by atoms with E-state index in [4.69, 9.17) is 0 Å².